The number of rotatable bonds is 8. The molecule has 0 unspecified atom stereocenters. The smallest absolute Gasteiger partial charge is 0.350 e. The van der Waals surface area contributed by atoms with Crippen LogP contribution in [0.25, 0.3) is 10.6 Å². The highest BCUT2D eigenvalue weighted by Gasteiger charge is 2.18. The first-order chi connectivity index (χ1) is 12.0. The molecule has 0 bridgehead atoms. The zero-order chi connectivity index (χ0) is 18.2. The number of nitrogens with zero attached hydrogens (tertiary/aromatic N) is 1. The van der Waals surface area contributed by atoms with Crippen molar-refractivity contribution in [1.29, 1.82) is 0 Å². The molecular formula is C17H20N2O5S. The van der Waals surface area contributed by atoms with Gasteiger partial charge in [0.15, 0.2) is 6.61 Å². The minimum absolute atomic E-state index is 0.336. The van der Waals surface area contributed by atoms with Crippen LogP contribution in [0.3, 0.4) is 0 Å². The zero-order valence-electron chi connectivity index (χ0n) is 14.3. The SMILES string of the molecule is COCCNC(=O)COC(=O)c1sc(-c2ccc(OC)cc2)nc1C. The number of amides is 1. The summed E-state index contributed by atoms with van der Waals surface area (Å²) >= 11 is 1.23. The molecule has 0 atom stereocenters. The van der Waals surface area contributed by atoms with Gasteiger partial charge in [0.2, 0.25) is 0 Å². The van der Waals surface area contributed by atoms with Crippen LogP contribution in [0.15, 0.2) is 24.3 Å². The first-order valence-corrected chi connectivity index (χ1v) is 8.41. The van der Waals surface area contributed by atoms with Gasteiger partial charge in [0.1, 0.15) is 15.6 Å². The number of aromatic nitrogens is 1. The quantitative estimate of drug-likeness (QED) is 0.570. The molecule has 8 heteroatoms. The van der Waals surface area contributed by atoms with Crippen molar-refractivity contribution in [1.82, 2.24) is 10.3 Å². The lowest BCUT2D eigenvalue weighted by molar-refractivity contribution is -0.124. The van der Waals surface area contributed by atoms with E-state index < -0.39 is 5.97 Å². The van der Waals surface area contributed by atoms with Gasteiger partial charge in [-0.15, -0.1) is 11.3 Å². The Hall–Kier alpha value is -2.45. The van der Waals surface area contributed by atoms with Gasteiger partial charge in [-0.05, 0) is 31.2 Å². The van der Waals surface area contributed by atoms with Crippen LogP contribution in [0.5, 0.6) is 5.75 Å². The summed E-state index contributed by atoms with van der Waals surface area (Å²) < 4.78 is 15.0. The largest absolute Gasteiger partial charge is 0.497 e. The van der Waals surface area contributed by atoms with Gasteiger partial charge < -0.3 is 19.5 Å². The van der Waals surface area contributed by atoms with E-state index >= 15 is 0 Å². The minimum atomic E-state index is -0.559. The Labute approximate surface area is 149 Å². The van der Waals surface area contributed by atoms with Crippen LogP contribution in [0, 0.1) is 6.92 Å². The molecule has 1 N–H and O–H groups in total. The number of esters is 1. The lowest BCUT2D eigenvalue weighted by atomic mass is 10.2. The average molecular weight is 364 g/mol. The van der Waals surface area contributed by atoms with Gasteiger partial charge in [-0.3, -0.25) is 4.79 Å². The molecule has 1 aromatic carbocycles. The van der Waals surface area contributed by atoms with E-state index in [2.05, 4.69) is 10.3 Å². The van der Waals surface area contributed by atoms with E-state index in [0.29, 0.717) is 28.7 Å². The highest BCUT2D eigenvalue weighted by molar-refractivity contribution is 7.17. The van der Waals surface area contributed by atoms with Crippen LogP contribution in [0.2, 0.25) is 0 Å². The second-order valence-corrected chi connectivity index (χ2v) is 6.08. The van der Waals surface area contributed by atoms with Crippen molar-refractivity contribution in [2.75, 3.05) is 34.0 Å². The maximum atomic E-state index is 12.2. The molecule has 0 saturated carbocycles. The molecule has 7 nitrogen and oxygen atoms in total. The zero-order valence-corrected chi connectivity index (χ0v) is 15.1. The van der Waals surface area contributed by atoms with E-state index in [1.54, 1.807) is 21.1 Å². The summed E-state index contributed by atoms with van der Waals surface area (Å²) in [5.74, 6) is -0.184. The summed E-state index contributed by atoms with van der Waals surface area (Å²) in [6.07, 6.45) is 0. The van der Waals surface area contributed by atoms with Gasteiger partial charge in [-0.25, -0.2) is 9.78 Å². The first-order valence-electron chi connectivity index (χ1n) is 7.59. The average Bonchev–Trinajstić information content (AvgIpc) is 3.02. The third-order valence-electron chi connectivity index (χ3n) is 3.28. The molecule has 2 aromatic rings. The number of ether oxygens (including phenoxy) is 3. The molecule has 25 heavy (non-hydrogen) atoms. The van der Waals surface area contributed by atoms with Gasteiger partial charge in [-0.2, -0.15) is 0 Å². The molecule has 1 amide bonds. The molecule has 0 saturated heterocycles. The lowest BCUT2D eigenvalue weighted by Crippen LogP contribution is -2.31. The summed E-state index contributed by atoms with van der Waals surface area (Å²) in [4.78, 5) is 28.5. The third-order valence-corrected chi connectivity index (χ3v) is 4.47. The van der Waals surface area contributed by atoms with Crippen molar-refractivity contribution in [3.05, 3.63) is 34.8 Å². The summed E-state index contributed by atoms with van der Waals surface area (Å²) in [7, 11) is 3.14. The summed E-state index contributed by atoms with van der Waals surface area (Å²) in [5, 5.41) is 3.29. The van der Waals surface area contributed by atoms with E-state index in [-0.39, 0.29) is 12.5 Å². The van der Waals surface area contributed by atoms with Gasteiger partial charge >= 0.3 is 5.97 Å². The summed E-state index contributed by atoms with van der Waals surface area (Å²) in [6, 6.07) is 7.40. The lowest BCUT2D eigenvalue weighted by Gasteiger charge is -2.05. The molecule has 0 fully saturated rings. The van der Waals surface area contributed by atoms with Gasteiger partial charge in [0.25, 0.3) is 5.91 Å². The fourth-order valence-electron chi connectivity index (χ4n) is 1.98. The summed E-state index contributed by atoms with van der Waals surface area (Å²) in [6.45, 7) is 2.17. The Morgan fingerprint density at radius 1 is 1.20 bits per heavy atom. The maximum absolute atomic E-state index is 12.2. The second-order valence-electron chi connectivity index (χ2n) is 5.08. The van der Waals surface area contributed by atoms with Crippen LogP contribution < -0.4 is 10.1 Å². The van der Waals surface area contributed by atoms with E-state index in [1.807, 2.05) is 24.3 Å². The second kappa shape index (κ2) is 9.14. The number of aryl methyl sites for hydroxylation is 1. The van der Waals surface area contributed by atoms with Crippen LogP contribution in [-0.4, -0.2) is 50.8 Å². The molecule has 1 heterocycles. The Kier molecular flexibility index (Phi) is 6.91. The Morgan fingerprint density at radius 2 is 1.92 bits per heavy atom. The van der Waals surface area contributed by atoms with Crippen LogP contribution >= 0.6 is 11.3 Å². The number of methoxy groups -OCH3 is 2. The van der Waals surface area contributed by atoms with Crippen molar-refractivity contribution in [2.24, 2.45) is 0 Å². The molecule has 0 aliphatic carbocycles. The molecule has 1 aromatic heterocycles. The molecule has 0 aliphatic rings. The van der Waals surface area contributed by atoms with Gasteiger partial charge in [-0.1, -0.05) is 0 Å². The molecule has 134 valence electrons. The van der Waals surface area contributed by atoms with Crippen molar-refractivity contribution in [2.45, 2.75) is 6.92 Å². The van der Waals surface area contributed by atoms with Crippen molar-refractivity contribution in [3.63, 3.8) is 0 Å². The molecule has 2 rings (SSSR count). The van der Waals surface area contributed by atoms with Gasteiger partial charge in [0, 0.05) is 19.2 Å². The fourth-order valence-corrected chi connectivity index (χ4v) is 2.95. The Bertz CT molecular complexity index is 727. The molecule has 0 aliphatic heterocycles. The van der Waals surface area contributed by atoms with Gasteiger partial charge in [0.05, 0.1) is 19.4 Å². The van der Waals surface area contributed by atoms with Crippen molar-refractivity contribution >= 4 is 23.2 Å². The topological polar surface area (TPSA) is 86.8 Å². The van der Waals surface area contributed by atoms with E-state index in [9.17, 15) is 9.59 Å². The monoisotopic (exact) mass is 364 g/mol. The molecular weight excluding hydrogens is 344 g/mol. The Morgan fingerprint density at radius 3 is 2.56 bits per heavy atom. The maximum Gasteiger partial charge on any atom is 0.350 e. The fraction of sp³-hybridized carbons (Fsp3) is 0.353. The van der Waals surface area contributed by atoms with Crippen LogP contribution in [-0.2, 0) is 14.3 Å². The van der Waals surface area contributed by atoms with Crippen molar-refractivity contribution < 1.29 is 23.8 Å². The molecule has 0 spiro atoms. The number of carbonyl (C=O) groups is 2. The summed E-state index contributed by atoms with van der Waals surface area (Å²) in [5.41, 5.74) is 1.45. The van der Waals surface area contributed by atoms with E-state index in [4.69, 9.17) is 14.2 Å². The predicted molar refractivity (Wildman–Crippen MR) is 94.0 cm³/mol. The standard InChI is InChI=1S/C17H20N2O5S/c1-11-15(17(21)24-10-14(20)18-8-9-22-2)25-16(19-11)12-4-6-13(23-3)7-5-12/h4-7H,8-10H2,1-3H3,(H,18,20). The number of carbonyl (C=O) groups excluding carboxylic acids is 2. The predicted octanol–water partition coefficient (Wildman–Crippen LogP) is 2.05. The number of thiazole rings is 1. The van der Waals surface area contributed by atoms with E-state index in [0.717, 1.165) is 11.3 Å². The van der Waals surface area contributed by atoms with Crippen molar-refractivity contribution in [3.8, 4) is 16.3 Å². The first kappa shape index (κ1) is 18.9. The highest BCUT2D eigenvalue weighted by atomic mass is 32.1. The number of benzene rings is 1. The number of nitrogens with one attached hydrogen (secondary N) is 1. The third kappa shape index (κ3) is 5.27. The molecule has 0 radical (unpaired) electrons. The number of hydrogen-bond donors (Lipinski definition) is 1. The van der Waals surface area contributed by atoms with E-state index in [1.165, 1.54) is 11.3 Å². The minimum Gasteiger partial charge on any atom is -0.497 e. The van der Waals surface area contributed by atoms with Crippen LogP contribution in [0.1, 0.15) is 15.4 Å². The van der Waals surface area contributed by atoms with Crippen LogP contribution in [0.4, 0.5) is 0 Å². The Balaban J connectivity index is 1.98. The number of hydrogen-bond acceptors (Lipinski definition) is 7. The highest BCUT2D eigenvalue weighted by Crippen LogP contribution is 2.29. The normalized spacial score (nSPS) is 10.4.